The molecule has 7 nitrogen and oxygen atoms in total. The molecule has 0 fully saturated rings. The zero-order valence-electron chi connectivity index (χ0n) is 14.6. The summed E-state index contributed by atoms with van der Waals surface area (Å²) in [6.45, 7) is 2.93. The highest BCUT2D eigenvalue weighted by atomic mass is 16.5. The fourth-order valence-electron chi connectivity index (χ4n) is 2.68. The Hall–Kier alpha value is -2.80. The fourth-order valence-corrected chi connectivity index (χ4v) is 2.68. The third kappa shape index (κ3) is 3.23. The molecule has 0 radical (unpaired) electrons. The first-order valence-corrected chi connectivity index (χ1v) is 8.10. The van der Waals surface area contributed by atoms with Gasteiger partial charge >= 0.3 is 0 Å². The van der Waals surface area contributed by atoms with Crippen molar-refractivity contribution in [3.8, 4) is 5.75 Å². The summed E-state index contributed by atoms with van der Waals surface area (Å²) in [6, 6.07) is 7.06. The molecule has 7 heteroatoms. The van der Waals surface area contributed by atoms with Gasteiger partial charge in [0.15, 0.2) is 17.2 Å². The number of aryl methyl sites for hydroxylation is 1. The number of hydrogen-bond acceptors (Lipinski definition) is 5. The number of furan rings is 1. The molecule has 0 bridgehead atoms. The first kappa shape index (κ1) is 17.0. The number of fused-ring (bicyclic) bond motifs is 1. The molecular weight excluding hydrogens is 322 g/mol. The topological polar surface area (TPSA) is 69.2 Å². The van der Waals surface area contributed by atoms with Crippen LogP contribution in [-0.4, -0.2) is 42.7 Å². The zero-order valence-corrected chi connectivity index (χ0v) is 14.6. The van der Waals surface area contributed by atoms with Crippen LogP contribution in [0.3, 0.4) is 0 Å². The van der Waals surface area contributed by atoms with Gasteiger partial charge in [-0.3, -0.25) is 14.1 Å². The SMILES string of the molecule is CCc1nc2c(OCCOC)cccn2c1N(C)C(=O)c1ccco1. The number of carbonyl (C=O) groups is 1. The lowest BCUT2D eigenvalue weighted by Gasteiger charge is -2.17. The minimum Gasteiger partial charge on any atom is -0.487 e. The molecule has 0 spiro atoms. The standard InChI is InChI=1S/C18H21N3O4/c1-4-13-17(20(2)18(22)15-8-6-10-24-15)21-9-5-7-14(16(21)19-13)25-12-11-23-3/h5-10H,4,11-12H2,1-3H3. The van der Waals surface area contributed by atoms with Gasteiger partial charge in [-0.15, -0.1) is 0 Å². The van der Waals surface area contributed by atoms with Crippen molar-refractivity contribution in [2.24, 2.45) is 0 Å². The Balaban J connectivity index is 2.02. The fraction of sp³-hybridized carbons (Fsp3) is 0.333. The summed E-state index contributed by atoms with van der Waals surface area (Å²) in [7, 11) is 3.34. The van der Waals surface area contributed by atoms with Crippen LogP contribution in [0.1, 0.15) is 23.2 Å². The Labute approximate surface area is 145 Å². The van der Waals surface area contributed by atoms with Gasteiger partial charge in [0.2, 0.25) is 0 Å². The van der Waals surface area contributed by atoms with Crippen LogP contribution in [0.4, 0.5) is 5.82 Å². The molecule has 0 unspecified atom stereocenters. The summed E-state index contributed by atoms with van der Waals surface area (Å²) in [5.41, 5.74) is 1.48. The molecular formula is C18H21N3O4. The molecule has 1 amide bonds. The van der Waals surface area contributed by atoms with Gasteiger partial charge in [-0.1, -0.05) is 6.92 Å². The van der Waals surface area contributed by atoms with Crippen LogP contribution in [-0.2, 0) is 11.2 Å². The number of pyridine rings is 1. The molecule has 0 atom stereocenters. The van der Waals surface area contributed by atoms with Crippen molar-refractivity contribution >= 4 is 17.4 Å². The largest absolute Gasteiger partial charge is 0.487 e. The van der Waals surface area contributed by atoms with E-state index < -0.39 is 0 Å². The van der Waals surface area contributed by atoms with Crippen molar-refractivity contribution in [1.82, 2.24) is 9.38 Å². The molecule has 0 aliphatic carbocycles. The van der Waals surface area contributed by atoms with Crippen molar-refractivity contribution in [3.05, 3.63) is 48.2 Å². The number of rotatable bonds is 7. The predicted molar refractivity (Wildman–Crippen MR) is 93.4 cm³/mol. The van der Waals surface area contributed by atoms with E-state index in [2.05, 4.69) is 4.98 Å². The lowest BCUT2D eigenvalue weighted by molar-refractivity contribution is 0.0965. The summed E-state index contributed by atoms with van der Waals surface area (Å²) >= 11 is 0. The van der Waals surface area contributed by atoms with Crippen molar-refractivity contribution in [2.75, 3.05) is 32.3 Å². The quantitative estimate of drug-likeness (QED) is 0.617. The average molecular weight is 343 g/mol. The highest BCUT2D eigenvalue weighted by molar-refractivity contribution is 6.03. The minimum atomic E-state index is -0.229. The molecule has 0 aliphatic heterocycles. The average Bonchev–Trinajstić information content (AvgIpc) is 3.28. The molecule has 0 saturated carbocycles. The molecule has 0 aromatic carbocycles. The third-order valence-electron chi connectivity index (χ3n) is 3.89. The monoisotopic (exact) mass is 343 g/mol. The Morgan fingerprint density at radius 2 is 2.16 bits per heavy atom. The number of aromatic nitrogens is 2. The number of ether oxygens (including phenoxy) is 2. The molecule has 0 N–H and O–H groups in total. The van der Waals surface area contributed by atoms with E-state index in [1.54, 1.807) is 31.2 Å². The van der Waals surface area contributed by atoms with Crippen molar-refractivity contribution in [3.63, 3.8) is 0 Å². The highest BCUT2D eigenvalue weighted by Gasteiger charge is 2.23. The second kappa shape index (κ2) is 7.40. The zero-order chi connectivity index (χ0) is 17.8. The van der Waals surface area contributed by atoms with E-state index in [-0.39, 0.29) is 11.7 Å². The predicted octanol–water partition coefficient (Wildman–Crippen LogP) is 2.79. The molecule has 3 aromatic rings. The molecule has 0 aliphatic rings. The number of hydrogen-bond donors (Lipinski definition) is 0. The molecule has 3 heterocycles. The molecule has 132 valence electrons. The first-order chi connectivity index (χ1) is 12.2. The van der Waals surface area contributed by atoms with Gasteiger partial charge < -0.3 is 13.9 Å². The highest BCUT2D eigenvalue weighted by Crippen LogP contribution is 2.28. The second-order valence-electron chi connectivity index (χ2n) is 5.48. The number of nitrogens with zero attached hydrogens (tertiary/aromatic N) is 3. The number of anilines is 1. The van der Waals surface area contributed by atoms with Crippen LogP contribution in [0.5, 0.6) is 5.75 Å². The number of methoxy groups -OCH3 is 1. The number of amides is 1. The van der Waals surface area contributed by atoms with Crippen LogP contribution < -0.4 is 9.64 Å². The number of carbonyl (C=O) groups excluding carboxylic acids is 1. The van der Waals surface area contributed by atoms with Crippen molar-refractivity contribution in [1.29, 1.82) is 0 Å². The Bertz CT molecular complexity index is 855. The van der Waals surface area contributed by atoms with Gasteiger partial charge in [0.25, 0.3) is 5.91 Å². The maximum atomic E-state index is 12.7. The van der Waals surface area contributed by atoms with Gasteiger partial charge in [0.1, 0.15) is 12.4 Å². The van der Waals surface area contributed by atoms with Gasteiger partial charge in [-0.25, -0.2) is 4.98 Å². The Morgan fingerprint density at radius 3 is 2.84 bits per heavy atom. The maximum absolute atomic E-state index is 12.7. The van der Waals surface area contributed by atoms with Crippen molar-refractivity contribution in [2.45, 2.75) is 13.3 Å². The lowest BCUT2D eigenvalue weighted by atomic mass is 10.3. The van der Waals surface area contributed by atoms with Gasteiger partial charge in [0.05, 0.1) is 18.6 Å². The van der Waals surface area contributed by atoms with Crippen molar-refractivity contribution < 1.29 is 18.7 Å². The van der Waals surface area contributed by atoms with E-state index in [1.165, 1.54) is 6.26 Å². The summed E-state index contributed by atoms with van der Waals surface area (Å²) in [6.07, 6.45) is 4.04. The normalized spacial score (nSPS) is 11.0. The second-order valence-corrected chi connectivity index (χ2v) is 5.48. The van der Waals surface area contributed by atoms with E-state index in [0.29, 0.717) is 36.8 Å². The van der Waals surface area contributed by atoms with Crippen LogP contribution in [0, 0.1) is 0 Å². The van der Waals surface area contributed by atoms with E-state index in [4.69, 9.17) is 13.9 Å². The molecule has 25 heavy (non-hydrogen) atoms. The molecule has 3 rings (SSSR count). The van der Waals surface area contributed by atoms with Crippen LogP contribution in [0.2, 0.25) is 0 Å². The number of imidazole rings is 1. The van der Waals surface area contributed by atoms with Crippen LogP contribution in [0.15, 0.2) is 41.1 Å². The molecule has 3 aromatic heterocycles. The van der Waals surface area contributed by atoms with E-state index in [0.717, 1.165) is 5.69 Å². The summed E-state index contributed by atoms with van der Waals surface area (Å²) in [5, 5.41) is 0. The third-order valence-corrected chi connectivity index (χ3v) is 3.89. The maximum Gasteiger partial charge on any atom is 0.294 e. The smallest absolute Gasteiger partial charge is 0.294 e. The summed E-state index contributed by atoms with van der Waals surface area (Å²) in [4.78, 5) is 18.9. The van der Waals surface area contributed by atoms with E-state index in [1.807, 2.05) is 29.7 Å². The summed E-state index contributed by atoms with van der Waals surface area (Å²) < 4.78 is 17.9. The lowest BCUT2D eigenvalue weighted by Crippen LogP contribution is -2.28. The van der Waals surface area contributed by atoms with Gasteiger partial charge in [-0.05, 0) is 30.7 Å². The first-order valence-electron chi connectivity index (χ1n) is 8.10. The van der Waals surface area contributed by atoms with E-state index in [9.17, 15) is 4.79 Å². The van der Waals surface area contributed by atoms with Gasteiger partial charge in [0, 0.05) is 20.4 Å². The Kier molecular flexibility index (Phi) is 5.04. The molecule has 0 saturated heterocycles. The van der Waals surface area contributed by atoms with Gasteiger partial charge in [-0.2, -0.15) is 0 Å². The van der Waals surface area contributed by atoms with Crippen LogP contribution >= 0.6 is 0 Å². The minimum absolute atomic E-state index is 0.229. The van der Waals surface area contributed by atoms with E-state index >= 15 is 0 Å². The summed E-state index contributed by atoms with van der Waals surface area (Å²) in [5.74, 6) is 1.41. The van der Waals surface area contributed by atoms with Crippen LogP contribution in [0.25, 0.3) is 5.65 Å². The Morgan fingerprint density at radius 1 is 1.32 bits per heavy atom.